The standard InChI is InChI=1S/C12H20N2O2/c15-12(9-14-4-1-2-5-14)8-13-7-11-3-6-16-10-11/h3,6,10,12-13,15H,1-2,4-5,7-9H2. The molecule has 0 aliphatic carbocycles. The van der Waals surface area contributed by atoms with Crippen LogP contribution < -0.4 is 5.32 Å². The zero-order valence-electron chi connectivity index (χ0n) is 9.56. The monoisotopic (exact) mass is 224 g/mol. The average molecular weight is 224 g/mol. The minimum Gasteiger partial charge on any atom is -0.472 e. The number of furan rings is 1. The summed E-state index contributed by atoms with van der Waals surface area (Å²) in [7, 11) is 0. The zero-order valence-corrected chi connectivity index (χ0v) is 9.56. The Balaban J connectivity index is 1.58. The number of rotatable bonds is 6. The Morgan fingerprint density at radius 1 is 1.44 bits per heavy atom. The molecule has 0 radical (unpaired) electrons. The van der Waals surface area contributed by atoms with E-state index in [2.05, 4.69) is 10.2 Å². The van der Waals surface area contributed by atoms with E-state index in [-0.39, 0.29) is 6.10 Å². The fraction of sp³-hybridized carbons (Fsp3) is 0.667. The highest BCUT2D eigenvalue weighted by Crippen LogP contribution is 2.07. The maximum Gasteiger partial charge on any atom is 0.0947 e. The number of β-amino-alcohol motifs (C(OH)–C–C–N with tert-alkyl or cyclic N) is 1. The van der Waals surface area contributed by atoms with E-state index in [1.54, 1.807) is 12.5 Å². The van der Waals surface area contributed by atoms with Crippen molar-refractivity contribution in [3.63, 3.8) is 0 Å². The molecule has 1 aliphatic rings. The second-order valence-corrected chi connectivity index (χ2v) is 4.42. The van der Waals surface area contributed by atoms with E-state index in [0.29, 0.717) is 6.54 Å². The Labute approximate surface area is 96.2 Å². The summed E-state index contributed by atoms with van der Waals surface area (Å²) in [6.45, 7) is 4.46. The molecule has 4 nitrogen and oxygen atoms in total. The lowest BCUT2D eigenvalue weighted by atomic mass is 10.3. The van der Waals surface area contributed by atoms with Gasteiger partial charge in [0.05, 0.1) is 18.6 Å². The normalized spacial score (nSPS) is 19.1. The highest BCUT2D eigenvalue weighted by atomic mass is 16.3. The lowest BCUT2D eigenvalue weighted by Crippen LogP contribution is -2.36. The van der Waals surface area contributed by atoms with Gasteiger partial charge in [-0.15, -0.1) is 0 Å². The Bertz CT molecular complexity index is 281. The number of aliphatic hydroxyl groups excluding tert-OH is 1. The van der Waals surface area contributed by atoms with Gasteiger partial charge >= 0.3 is 0 Å². The van der Waals surface area contributed by atoms with Crippen LogP contribution in [-0.4, -0.2) is 42.3 Å². The predicted octanol–water partition coefficient (Wildman–Crippen LogP) is 0.826. The Morgan fingerprint density at radius 3 is 2.94 bits per heavy atom. The number of nitrogens with zero attached hydrogens (tertiary/aromatic N) is 1. The third-order valence-electron chi connectivity index (χ3n) is 2.96. The Kier molecular flexibility index (Phi) is 4.39. The van der Waals surface area contributed by atoms with Gasteiger partial charge in [-0.05, 0) is 32.0 Å². The van der Waals surface area contributed by atoms with Crippen LogP contribution >= 0.6 is 0 Å². The van der Waals surface area contributed by atoms with Crippen LogP contribution in [0.15, 0.2) is 23.0 Å². The molecule has 1 saturated heterocycles. The Hall–Kier alpha value is -0.840. The summed E-state index contributed by atoms with van der Waals surface area (Å²) in [4.78, 5) is 2.32. The molecule has 0 aromatic carbocycles. The second kappa shape index (κ2) is 6.03. The minimum absolute atomic E-state index is 0.273. The van der Waals surface area contributed by atoms with Crippen molar-refractivity contribution in [2.75, 3.05) is 26.2 Å². The first-order valence-electron chi connectivity index (χ1n) is 5.97. The SMILES string of the molecule is OC(CNCc1ccoc1)CN1CCCC1. The summed E-state index contributed by atoms with van der Waals surface area (Å²) in [5.74, 6) is 0. The van der Waals surface area contributed by atoms with Gasteiger partial charge in [0.15, 0.2) is 0 Å². The molecule has 1 fully saturated rings. The molecule has 4 heteroatoms. The van der Waals surface area contributed by atoms with E-state index in [4.69, 9.17) is 4.42 Å². The van der Waals surface area contributed by atoms with Crippen LogP contribution in [0.25, 0.3) is 0 Å². The summed E-state index contributed by atoms with van der Waals surface area (Å²) < 4.78 is 4.97. The van der Waals surface area contributed by atoms with Crippen molar-refractivity contribution in [3.05, 3.63) is 24.2 Å². The summed E-state index contributed by atoms with van der Waals surface area (Å²) >= 11 is 0. The van der Waals surface area contributed by atoms with E-state index in [9.17, 15) is 5.11 Å². The van der Waals surface area contributed by atoms with Crippen molar-refractivity contribution in [2.45, 2.75) is 25.5 Å². The summed E-state index contributed by atoms with van der Waals surface area (Å²) in [5.41, 5.74) is 1.12. The molecule has 2 rings (SSSR count). The number of nitrogens with one attached hydrogen (secondary N) is 1. The van der Waals surface area contributed by atoms with E-state index in [1.165, 1.54) is 12.8 Å². The number of hydrogen-bond acceptors (Lipinski definition) is 4. The topological polar surface area (TPSA) is 48.6 Å². The van der Waals surface area contributed by atoms with Gasteiger partial charge in [-0.1, -0.05) is 0 Å². The molecule has 0 amide bonds. The molecule has 0 spiro atoms. The van der Waals surface area contributed by atoms with Gasteiger partial charge in [-0.25, -0.2) is 0 Å². The van der Waals surface area contributed by atoms with Crippen LogP contribution in [0.5, 0.6) is 0 Å². The van der Waals surface area contributed by atoms with Crippen LogP contribution in [0.1, 0.15) is 18.4 Å². The molecule has 2 heterocycles. The van der Waals surface area contributed by atoms with E-state index >= 15 is 0 Å². The first kappa shape index (κ1) is 11.6. The largest absolute Gasteiger partial charge is 0.472 e. The fourth-order valence-corrected chi connectivity index (χ4v) is 2.10. The van der Waals surface area contributed by atoms with Crippen molar-refractivity contribution in [3.8, 4) is 0 Å². The average Bonchev–Trinajstić information content (AvgIpc) is 2.90. The van der Waals surface area contributed by atoms with Crippen LogP contribution in [0.4, 0.5) is 0 Å². The first-order valence-corrected chi connectivity index (χ1v) is 5.97. The summed E-state index contributed by atoms with van der Waals surface area (Å²) in [5, 5.41) is 13.0. The third kappa shape index (κ3) is 3.63. The molecular weight excluding hydrogens is 204 g/mol. The van der Waals surface area contributed by atoms with Gasteiger partial charge in [0.25, 0.3) is 0 Å². The minimum atomic E-state index is -0.273. The smallest absolute Gasteiger partial charge is 0.0947 e. The quantitative estimate of drug-likeness (QED) is 0.751. The van der Waals surface area contributed by atoms with Crippen LogP contribution in [-0.2, 0) is 6.54 Å². The number of hydrogen-bond donors (Lipinski definition) is 2. The second-order valence-electron chi connectivity index (χ2n) is 4.42. The number of likely N-dealkylation sites (tertiary alicyclic amines) is 1. The van der Waals surface area contributed by atoms with Crippen molar-refractivity contribution < 1.29 is 9.52 Å². The van der Waals surface area contributed by atoms with Gasteiger partial charge in [0, 0.05) is 25.2 Å². The van der Waals surface area contributed by atoms with Crippen LogP contribution in [0.2, 0.25) is 0 Å². The van der Waals surface area contributed by atoms with Gasteiger partial charge in [0.1, 0.15) is 0 Å². The molecule has 1 aromatic heterocycles. The molecule has 16 heavy (non-hydrogen) atoms. The van der Waals surface area contributed by atoms with E-state index in [0.717, 1.165) is 31.7 Å². The van der Waals surface area contributed by atoms with Gasteiger partial charge < -0.3 is 19.7 Å². The Morgan fingerprint density at radius 2 is 2.25 bits per heavy atom. The van der Waals surface area contributed by atoms with Crippen LogP contribution in [0.3, 0.4) is 0 Å². The molecule has 1 aromatic rings. The zero-order chi connectivity index (χ0) is 11.2. The predicted molar refractivity (Wildman–Crippen MR) is 62.1 cm³/mol. The van der Waals surface area contributed by atoms with Crippen LogP contribution in [0, 0.1) is 0 Å². The van der Waals surface area contributed by atoms with Crippen molar-refractivity contribution >= 4 is 0 Å². The van der Waals surface area contributed by atoms with E-state index < -0.39 is 0 Å². The van der Waals surface area contributed by atoms with Gasteiger partial charge in [-0.2, -0.15) is 0 Å². The maximum atomic E-state index is 9.81. The van der Waals surface area contributed by atoms with Crippen molar-refractivity contribution in [2.24, 2.45) is 0 Å². The highest BCUT2D eigenvalue weighted by Gasteiger charge is 2.15. The molecule has 1 aliphatic heterocycles. The van der Waals surface area contributed by atoms with E-state index in [1.807, 2.05) is 6.07 Å². The number of aliphatic hydroxyl groups is 1. The lowest BCUT2D eigenvalue weighted by molar-refractivity contribution is 0.123. The molecule has 0 saturated carbocycles. The molecule has 0 bridgehead atoms. The third-order valence-corrected chi connectivity index (χ3v) is 2.96. The summed E-state index contributed by atoms with van der Waals surface area (Å²) in [6.07, 6.45) is 5.66. The molecule has 2 N–H and O–H groups in total. The first-order chi connectivity index (χ1) is 7.84. The molecule has 1 unspecified atom stereocenters. The molecule has 90 valence electrons. The maximum absolute atomic E-state index is 9.81. The molecular formula is C12H20N2O2. The van der Waals surface area contributed by atoms with Gasteiger partial charge in [0.2, 0.25) is 0 Å². The van der Waals surface area contributed by atoms with Gasteiger partial charge in [-0.3, -0.25) is 0 Å². The molecule has 1 atom stereocenters. The lowest BCUT2D eigenvalue weighted by Gasteiger charge is -2.19. The fourth-order valence-electron chi connectivity index (χ4n) is 2.10. The van der Waals surface area contributed by atoms with Crippen molar-refractivity contribution in [1.29, 1.82) is 0 Å². The highest BCUT2D eigenvalue weighted by molar-refractivity contribution is 5.04. The van der Waals surface area contributed by atoms with Crippen molar-refractivity contribution in [1.82, 2.24) is 10.2 Å². The summed E-state index contributed by atoms with van der Waals surface area (Å²) in [6, 6.07) is 1.93.